The van der Waals surface area contributed by atoms with Gasteiger partial charge in [-0.2, -0.15) is 0 Å². The summed E-state index contributed by atoms with van der Waals surface area (Å²) in [6.45, 7) is 3.98. The molecular weight excluding hydrogens is 242 g/mol. The molecule has 104 valence electrons. The van der Waals surface area contributed by atoms with Crippen molar-refractivity contribution in [2.75, 3.05) is 0 Å². The van der Waals surface area contributed by atoms with Crippen LogP contribution in [0.1, 0.15) is 25.0 Å². The molecule has 1 saturated heterocycles. The molecule has 0 saturated carbocycles. The van der Waals surface area contributed by atoms with E-state index in [1.54, 1.807) is 13.8 Å². The molecule has 2 unspecified atom stereocenters. The molecule has 5 heteroatoms. The van der Waals surface area contributed by atoms with Gasteiger partial charge < -0.3 is 16.2 Å². The summed E-state index contributed by atoms with van der Waals surface area (Å²) in [5.41, 5.74) is 6.96. The highest BCUT2D eigenvalue weighted by atomic mass is 16.3. The average Bonchev–Trinajstić information content (AvgIpc) is 2.36. The summed E-state index contributed by atoms with van der Waals surface area (Å²) in [7, 11) is 0. The summed E-state index contributed by atoms with van der Waals surface area (Å²) in [4.78, 5) is 11.9. The van der Waals surface area contributed by atoms with Gasteiger partial charge in [-0.1, -0.05) is 24.3 Å². The lowest BCUT2D eigenvalue weighted by Crippen LogP contribution is -2.69. The van der Waals surface area contributed by atoms with Gasteiger partial charge >= 0.3 is 0 Å². The molecule has 0 bridgehead atoms. The quantitative estimate of drug-likeness (QED) is 0.612. The Kier molecular flexibility index (Phi) is 3.89. The van der Waals surface area contributed by atoms with Crippen LogP contribution in [0.4, 0.5) is 0 Å². The number of benzene rings is 1. The van der Waals surface area contributed by atoms with Gasteiger partial charge in [0.25, 0.3) is 0 Å². The van der Waals surface area contributed by atoms with E-state index in [1.807, 2.05) is 24.3 Å². The summed E-state index contributed by atoms with van der Waals surface area (Å²) < 4.78 is 0. The van der Waals surface area contributed by atoms with E-state index in [2.05, 4.69) is 10.6 Å². The summed E-state index contributed by atoms with van der Waals surface area (Å²) in [5.74, 6) is -0.0993. The Morgan fingerprint density at radius 3 is 2.74 bits per heavy atom. The number of hydrogen-bond acceptors (Lipinski definition) is 4. The van der Waals surface area contributed by atoms with Crippen LogP contribution in [0.15, 0.2) is 24.3 Å². The zero-order valence-electron chi connectivity index (χ0n) is 11.3. The van der Waals surface area contributed by atoms with Crippen LogP contribution in [0.2, 0.25) is 0 Å². The van der Waals surface area contributed by atoms with Gasteiger partial charge in [-0.05, 0) is 31.4 Å². The smallest absolute Gasteiger partial charge is 0.240 e. The van der Waals surface area contributed by atoms with E-state index in [9.17, 15) is 9.90 Å². The van der Waals surface area contributed by atoms with Crippen LogP contribution in [-0.4, -0.2) is 28.8 Å². The zero-order valence-corrected chi connectivity index (χ0v) is 11.3. The summed E-state index contributed by atoms with van der Waals surface area (Å²) in [5, 5.41) is 15.8. The van der Waals surface area contributed by atoms with E-state index in [1.165, 1.54) is 0 Å². The van der Waals surface area contributed by atoms with Gasteiger partial charge in [-0.25, -0.2) is 0 Å². The number of nitrogens with one attached hydrogen (secondary N) is 2. The highest BCUT2D eigenvalue weighted by Gasteiger charge is 2.39. The lowest BCUT2D eigenvalue weighted by atomic mass is 9.95. The number of piperazine rings is 1. The SMILES string of the molecule is CC1(C)NC(O)C(Cc2cccc(CN)c2)NC1=O. The van der Waals surface area contributed by atoms with Crippen LogP contribution in [0.25, 0.3) is 0 Å². The standard InChI is InChI=1S/C14H21N3O2/c1-14(2)13(19)16-11(12(18)17-14)7-9-4-3-5-10(6-9)8-15/h3-6,11-12,17-18H,7-8,15H2,1-2H3,(H,16,19). The van der Waals surface area contributed by atoms with Crippen molar-refractivity contribution < 1.29 is 9.90 Å². The van der Waals surface area contributed by atoms with Gasteiger partial charge in [0.1, 0.15) is 6.23 Å². The first-order valence-corrected chi connectivity index (χ1v) is 6.47. The number of nitrogens with two attached hydrogens (primary N) is 1. The fourth-order valence-corrected chi connectivity index (χ4v) is 2.26. The van der Waals surface area contributed by atoms with Crippen LogP contribution in [0.5, 0.6) is 0 Å². The summed E-state index contributed by atoms with van der Waals surface area (Å²) in [6, 6.07) is 7.54. The maximum atomic E-state index is 11.9. The van der Waals surface area contributed by atoms with E-state index in [4.69, 9.17) is 5.73 Å². The normalized spacial score (nSPS) is 26.0. The molecule has 1 heterocycles. The van der Waals surface area contributed by atoms with E-state index in [0.717, 1.165) is 11.1 Å². The van der Waals surface area contributed by atoms with Gasteiger partial charge in [0.15, 0.2) is 0 Å². The largest absolute Gasteiger partial charge is 0.376 e. The van der Waals surface area contributed by atoms with Crippen LogP contribution >= 0.6 is 0 Å². The number of aliphatic hydroxyl groups is 1. The van der Waals surface area contributed by atoms with E-state index < -0.39 is 11.8 Å². The monoisotopic (exact) mass is 263 g/mol. The number of hydrogen-bond donors (Lipinski definition) is 4. The third-order valence-electron chi connectivity index (χ3n) is 3.46. The third kappa shape index (κ3) is 3.12. The first kappa shape index (κ1) is 14.0. The van der Waals surface area contributed by atoms with Crippen LogP contribution in [-0.2, 0) is 17.8 Å². The van der Waals surface area contributed by atoms with Gasteiger partial charge in [0, 0.05) is 6.54 Å². The minimum absolute atomic E-state index is 0.0993. The Hall–Kier alpha value is -1.43. The third-order valence-corrected chi connectivity index (χ3v) is 3.46. The Labute approximate surface area is 113 Å². The van der Waals surface area contributed by atoms with Crippen molar-refractivity contribution >= 4 is 5.91 Å². The summed E-state index contributed by atoms with van der Waals surface area (Å²) in [6.07, 6.45) is -0.182. The molecule has 0 spiro atoms. The number of rotatable bonds is 3. The minimum Gasteiger partial charge on any atom is -0.376 e. The fraction of sp³-hybridized carbons (Fsp3) is 0.500. The molecule has 1 aromatic carbocycles. The fourth-order valence-electron chi connectivity index (χ4n) is 2.26. The highest BCUT2D eigenvalue weighted by Crippen LogP contribution is 2.15. The van der Waals surface area contributed by atoms with E-state index in [0.29, 0.717) is 13.0 Å². The second-order valence-corrected chi connectivity index (χ2v) is 5.52. The number of amides is 1. The second kappa shape index (κ2) is 5.28. The van der Waals surface area contributed by atoms with Crippen LogP contribution < -0.4 is 16.4 Å². The molecule has 2 rings (SSSR count). The topological polar surface area (TPSA) is 87.4 Å². The number of carbonyl (C=O) groups is 1. The van der Waals surface area contributed by atoms with Crippen molar-refractivity contribution in [1.82, 2.24) is 10.6 Å². The molecule has 5 nitrogen and oxygen atoms in total. The summed E-state index contributed by atoms with van der Waals surface area (Å²) >= 11 is 0. The molecule has 1 fully saturated rings. The van der Waals surface area contributed by atoms with Crippen LogP contribution in [0, 0.1) is 0 Å². The Balaban J connectivity index is 2.08. The van der Waals surface area contributed by atoms with Crippen molar-refractivity contribution in [3.63, 3.8) is 0 Å². The molecule has 1 aliphatic rings. The maximum Gasteiger partial charge on any atom is 0.240 e. The molecule has 1 aliphatic heterocycles. The molecule has 0 aromatic heterocycles. The Morgan fingerprint density at radius 2 is 2.05 bits per heavy atom. The van der Waals surface area contributed by atoms with Gasteiger partial charge in [0.2, 0.25) is 5.91 Å². The van der Waals surface area contributed by atoms with Crippen molar-refractivity contribution in [3.05, 3.63) is 35.4 Å². The molecule has 1 aromatic rings. The van der Waals surface area contributed by atoms with Gasteiger partial charge in [-0.15, -0.1) is 0 Å². The molecular formula is C14H21N3O2. The molecule has 0 radical (unpaired) electrons. The molecule has 2 atom stereocenters. The molecule has 0 aliphatic carbocycles. The minimum atomic E-state index is -0.755. The van der Waals surface area contributed by atoms with E-state index >= 15 is 0 Å². The first-order chi connectivity index (χ1) is 8.92. The average molecular weight is 263 g/mol. The van der Waals surface area contributed by atoms with Crippen molar-refractivity contribution in [3.8, 4) is 0 Å². The highest BCUT2D eigenvalue weighted by molar-refractivity contribution is 5.86. The lowest BCUT2D eigenvalue weighted by Gasteiger charge is -2.39. The number of carbonyl (C=O) groups excluding carboxylic acids is 1. The second-order valence-electron chi connectivity index (χ2n) is 5.52. The maximum absolute atomic E-state index is 11.9. The van der Waals surface area contributed by atoms with E-state index in [-0.39, 0.29) is 11.9 Å². The van der Waals surface area contributed by atoms with Crippen molar-refractivity contribution in [2.24, 2.45) is 5.73 Å². The zero-order chi connectivity index (χ0) is 14.0. The predicted octanol–water partition coefficient (Wildman–Crippen LogP) is -0.127. The van der Waals surface area contributed by atoms with Gasteiger partial charge in [0.05, 0.1) is 11.6 Å². The van der Waals surface area contributed by atoms with Crippen molar-refractivity contribution in [1.29, 1.82) is 0 Å². The Morgan fingerprint density at radius 1 is 1.37 bits per heavy atom. The lowest BCUT2D eigenvalue weighted by molar-refractivity contribution is -0.134. The van der Waals surface area contributed by atoms with Gasteiger partial charge in [-0.3, -0.25) is 10.1 Å². The predicted molar refractivity (Wildman–Crippen MR) is 73.2 cm³/mol. The molecule has 1 amide bonds. The molecule has 5 N–H and O–H groups in total. The first-order valence-electron chi connectivity index (χ1n) is 6.47. The van der Waals surface area contributed by atoms with Crippen molar-refractivity contribution in [2.45, 2.75) is 44.6 Å². The number of aliphatic hydroxyl groups excluding tert-OH is 1. The van der Waals surface area contributed by atoms with Crippen LogP contribution in [0.3, 0.4) is 0 Å². The Bertz CT molecular complexity index is 474. The molecule has 19 heavy (non-hydrogen) atoms.